The van der Waals surface area contributed by atoms with E-state index in [2.05, 4.69) is 36.2 Å². The zero-order valence-corrected chi connectivity index (χ0v) is 12.1. The van der Waals surface area contributed by atoms with Crippen LogP contribution in [0.5, 0.6) is 0 Å². The van der Waals surface area contributed by atoms with Crippen molar-refractivity contribution in [1.29, 1.82) is 0 Å². The zero-order chi connectivity index (χ0) is 13.0. The summed E-state index contributed by atoms with van der Waals surface area (Å²) in [6.07, 6.45) is 2.59. The second-order valence-electron chi connectivity index (χ2n) is 5.06. The van der Waals surface area contributed by atoms with Crippen LogP contribution in [0.3, 0.4) is 0 Å². The summed E-state index contributed by atoms with van der Waals surface area (Å²) >= 11 is 6.15. The van der Waals surface area contributed by atoms with Crippen LogP contribution in [0.4, 0.5) is 5.69 Å². The van der Waals surface area contributed by atoms with Crippen molar-refractivity contribution in [2.24, 2.45) is 5.92 Å². The van der Waals surface area contributed by atoms with Gasteiger partial charge in [-0.15, -0.1) is 0 Å². The topological polar surface area (TPSA) is 15.3 Å². The monoisotopic (exact) mass is 266 g/mol. The van der Waals surface area contributed by atoms with Gasteiger partial charge in [-0.25, -0.2) is 0 Å². The van der Waals surface area contributed by atoms with Gasteiger partial charge >= 0.3 is 0 Å². The van der Waals surface area contributed by atoms with Gasteiger partial charge in [0.25, 0.3) is 0 Å². The highest BCUT2D eigenvalue weighted by Gasteiger charge is 2.22. The highest BCUT2D eigenvalue weighted by atomic mass is 35.5. The van der Waals surface area contributed by atoms with Crippen LogP contribution >= 0.6 is 11.6 Å². The molecule has 18 heavy (non-hydrogen) atoms. The van der Waals surface area contributed by atoms with Crippen LogP contribution in [0.15, 0.2) is 18.2 Å². The van der Waals surface area contributed by atoms with Crippen LogP contribution in [-0.4, -0.2) is 19.6 Å². The summed E-state index contributed by atoms with van der Waals surface area (Å²) in [5, 5.41) is 4.24. The van der Waals surface area contributed by atoms with Gasteiger partial charge in [-0.2, -0.15) is 0 Å². The molecule has 1 N–H and O–H groups in total. The van der Waals surface area contributed by atoms with Crippen molar-refractivity contribution in [2.75, 3.05) is 24.5 Å². The molecular formula is C15H23ClN2. The minimum atomic E-state index is 0.838. The lowest BCUT2D eigenvalue weighted by Gasteiger charge is -2.22. The molecule has 2 nitrogen and oxygen atoms in total. The molecule has 0 spiro atoms. The quantitative estimate of drug-likeness (QED) is 0.875. The van der Waals surface area contributed by atoms with E-state index in [4.69, 9.17) is 11.6 Å². The predicted molar refractivity (Wildman–Crippen MR) is 79.4 cm³/mol. The molecule has 0 amide bonds. The van der Waals surface area contributed by atoms with Crippen LogP contribution in [-0.2, 0) is 6.54 Å². The van der Waals surface area contributed by atoms with E-state index >= 15 is 0 Å². The highest BCUT2D eigenvalue weighted by molar-refractivity contribution is 6.30. The molecule has 2 rings (SSSR count). The summed E-state index contributed by atoms with van der Waals surface area (Å²) in [7, 11) is 0. The van der Waals surface area contributed by atoms with Crippen LogP contribution in [0.25, 0.3) is 0 Å². The van der Waals surface area contributed by atoms with Gasteiger partial charge in [-0.05, 0) is 36.6 Å². The Kier molecular flexibility index (Phi) is 4.90. The number of hydrogen-bond acceptors (Lipinski definition) is 2. The summed E-state index contributed by atoms with van der Waals surface area (Å²) in [6.45, 7) is 8.69. The SMILES string of the molecule is CCNCc1ccc(Cl)cc1N1CCC(CC)C1. The number of nitrogens with zero attached hydrogens (tertiary/aromatic N) is 1. The third-order valence-electron chi connectivity index (χ3n) is 3.82. The number of rotatable bonds is 5. The number of halogens is 1. The smallest absolute Gasteiger partial charge is 0.0426 e. The Morgan fingerprint density at radius 2 is 2.22 bits per heavy atom. The molecule has 0 aromatic heterocycles. The number of benzene rings is 1. The van der Waals surface area contributed by atoms with E-state index in [1.165, 1.54) is 30.6 Å². The van der Waals surface area contributed by atoms with Gasteiger partial charge in [0.05, 0.1) is 0 Å². The van der Waals surface area contributed by atoms with Gasteiger partial charge < -0.3 is 10.2 Å². The molecule has 1 fully saturated rings. The van der Waals surface area contributed by atoms with Gasteiger partial charge in [0.2, 0.25) is 0 Å². The number of nitrogens with one attached hydrogen (secondary N) is 1. The maximum Gasteiger partial charge on any atom is 0.0426 e. The first-order valence-corrected chi connectivity index (χ1v) is 7.36. The molecular weight excluding hydrogens is 244 g/mol. The Morgan fingerprint density at radius 1 is 1.39 bits per heavy atom. The first kappa shape index (κ1) is 13.7. The van der Waals surface area contributed by atoms with E-state index in [-0.39, 0.29) is 0 Å². The predicted octanol–water partition coefficient (Wildman–Crippen LogP) is 3.69. The molecule has 0 aliphatic carbocycles. The molecule has 3 heteroatoms. The summed E-state index contributed by atoms with van der Waals surface area (Å²) in [5.74, 6) is 0.843. The fourth-order valence-electron chi connectivity index (χ4n) is 2.63. The van der Waals surface area contributed by atoms with Crippen LogP contribution in [0, 0.1) is 5.92 Å². The van der Waals surface area contributed by atoms with Crippen molar-refractivity contribution in [1.82, 2.24) is 5.32 Å². The highest BCUT2D eigenvalue weighted by Crippen LogP contribution is 2.30. The Labute approximate surface area is 115 Å². The Morgan fingerprint density at radius 3 is 2.89 bits per heavy atom. The molecule has 100 valence electrons. The first-order chi connectivity index (χ1) is 8.74. The van der Waals surface area contributed by atoms with Gasteiger partial charge in [-0.3, -0.25) is 0 Å². The zero-order valence-electron chi connectivity index (χ0n) is 11.4. The third-order valence-corrected chi connectivity index (χ3v) is 4.05. The van der Waals surface area contributed by atoms with Crippen molar-refractivity contribution in [2.45, 2.75) is 33.2 Å². The molecule has 1 unspecified atom stereocenters. The van der Waals surface area contributed by atoms with Crippen molar-refractivity contribution in [3.63, 3.8) is 0 Å². The van der Waals surface area contributed by atoms with E-state index in [0.717, 1.165) is 30.6 Å². The molecule has 1 saturated heterocycles. The second kappa shape index (κ2) is 6.44. The second-order valence-corrected chi connectivity index (χ2v) is 5.50. The standard InChI is InChI=1S/C15H23ClN2/c1-3-12-7-8-18(11-12)15-9-14(16)6-5-13(15)10-17-4-2/h5-6,9,12,17H,3-4,7-8,10-11H2,1-2H3. The molecule has 1 atom stereocenters. The van der Waals surface area contributed by atoms with Gasteiger partial charge in [0.15, 0.2) is 0 Å². The number of hydrogen-bond donors (Lipinski definition) is 1. The lowest BCUT2D eigenvalue weighted by atomic mass is 10.1. The van der Waals surface area contributed by atoms with Crippen LogP contribution in [0.2, 0.25) is 5.02 Å². The summed E-state index contributed by atoms with van der Waals surface area (Å²) in [5.41, 5.74) is 2.68. The van der Waals surface area contributed by atoms with E-state index in [0.29, 0.717) is 0 Å². The largest absolute Gasteiger partial charge is 0.371 e. The maximum absolute atomic E-state index is 6.15. The van der Waals surface area contributed by atoms with Crippen molar-refractivity contribution in [3.05, 3.63) is 28.8 Å². The van der Waals surface area contributed by atoms with E-state index in [9.17, 15) is 0 Å². The minimum absolute atomic E-state index is 0.838. The minimum Gasteiger partial charge on any atom is -0.371 e. The molecule has 1 aromatic rings. The molecule has 1 aliphatic heterocycles. The van der Waals surface area contributed by atoms with E-state index < -0.39 is 0 Å². The number of anilines is 1. The molecule has 1 aromatic carbocycles. The van der Waals surface area contributed by atoms with Gasteiger partial charge in [0.1, 0.15) is 0 Å². The van der Waals surface area contributed by atoms with Gasteiger partial charge in [-0.1, -0.05) is 37.9 Å². The maximum atomic E-state index is 6.15. The Bertz CT molecular complexity index is 392. The Hall–Kier alpha value is -0.730. The van der Waals surface area contributed by atoms with Crippen LogP contribution < -0.4 is 10.2 Å². The summed E-state index contributed by atoms with van der Waals surface area (Å²) in [6, 6.07) is 6.26. The third kappa shape index (κ3) is 3.18. The average molecular weight is 267 g/mol. The van der Waals surface area contributed by atoms with E-state index in [1.54, 1.807) is 0 Å². The van der Waals surface area contributed by atoms with E-state index in [1.807, 2.05) is 6.07 Å². The summed E-state index contributed by atoms with van der Waals surface area (Å²) < 4.78 is 0. The normalized spacial score (nSPS) is 19.5. The molecule has 1 heterocycles. The van der Waals surface area contributed by atoms with Crippen molar-refractivity contribution in [3.8, 4) is 0 Å². The molecule has 0 radical (unpaired) electrons. The fraction of sp³-hybridized carbons (Fsp3) is 0.600. The van der Waals surface area contributed by atoms with Gasteiger partial charge in [0, 0.05) is 30.3 Å². The average Bonchev–Trinajstić information content (AvgIpc) is 2.86. The molecule has 0 bridgehead atoms. The first-order valence-electron chi connectivity index (χ1n) is 6.98. The molecule has 0 saturated carbocycles. The molecule has 1 aliphatic rings. The van der Waals surface area contributed by atoms with Crippen LogP contribution in [0.1, 0.15) is 32.3 Å². The fourth-order valence-corrected chi connectivity index (χ4v) is 2.79. The van der Waals surface area contributed by atoms with Crippen molar-refractivity contribution >= 4 is 17.3 Å². The van der Waals surface area contributed by atoms with Crippen molar-refractivity contribution < 1.29 is 0 Å². The Balaban J connectivity index is 2.16. The summed E-state index contributed by atoms with van der Waals surface area (Å²) in [4.78, 5) is 2.49. The lowest BCUT2D eigenvalue weighted by Crippen LogP contribution is -2.22. The lowest BCUT2D eigenvalue weighted by molar-refractivity contribution is 0.569.